The number of hydrogen-bond donors (Lipinski definition) is 0. The molecule has 0 spiro atoms. The van der Waals surface area contributed by atoms with Gasteiger partial charge in [0.15, 0.2) is 0 Å². The van der Waals surface area contributed by atoms with Crippen molar-refractivity contribution in [3.05, 3.63) is 39.7 Å². The number of esters is 1. The summed E-state index contributed by atoms with van der Waals surface area (Å²) in [5.74, 6) is -0.238. The Hall–Kier alpha value is -1.10. The smallest absolute Gasteiger partial charge is 0.306 e. The zero-order valence-corrected chi connectivity index (χ0v) is 14.1. The van der Waals surface area contributed by atoms with E-state index in [0.717, 1.165) is 16.7 Å². The summed E-state index contributed by atoms with van der Waals surface area (Å²) in [5.41, 5.74) is 2.76. The van der Waals surface area contributed by atoms with Gasteiger partial charge in [0.05, 0.1) is 13.5 Å². The van der Waals surface area contributed by atoms with E-state index in [-0.39, 0.29) is 5.97 Å². The van der Waals surface area contributed by atoms with Crippen molar-refractivity contribution < 1.29 is 9.53 Å². The van der Waals surface area contributed by atoms with Crippen molar-refractivity contribution in [3.8, 4) is 0 Å². The van der Waals surface area contributed by atoms with E-state index < -0.39 is 0 Å². The van der Waals surface area contributed by atoms with Gasteiger partial charge in [0.2, 0.25) is 0 Å². The lowest BCUT2D eigenvalue weighted by atomic mass is 10.2. The predicted octanol–water partition coefficient (Wildman–Crippen LogP) is 3.64. The number of carbonyl (C=O) groups is 1. The quantitative estimate of drug-likeness (QED) is 0.435. The van der Waals surface area contributed by atoms with Crippen LogP contribution in [0, 0.1) is 6.92 Å². The second kappa shape index (κ2) is 8.37. The maximum Gasteiger partial charge on any atom is 0.306 e. The number of ether oxygens (including phenoxy) is 1. The second-order valence-corrected chi connectivity index (χ2v) is 5.76. The van der Waals surface area contributed by atoms with E-state index in [2.05, 4.69) is 21.2 Å². The van der Waals surface area contributed by atoms with Gasteiger partial charge >= 0.3 is 5.97 Å². The van der Waals surface area contributed by atoms with Crippen molar-refractivity contribution in [1.82, 2.24) is 9.88 Å². The van der Waals surface area contributed by atoms with Crippen LogP contribution in [0.25, 0.3) is 0 Å². The van der Waals surface area contributed by atoms with Crippen molar-refractivity contribution in [2.45, 2.75) is 26.8 Å². The third-order valence-electron chi connectivity index (χ3n) is 2.92. The summed E-state index contributed by atoms with van der Waals surface area (Å²) in [6, 6.07) is 1.92. The largest absolute Gasteiger partial charge is 0.469 e. The Bertz CT molecular complexity index is 533. The van der Waals surface area contributed by atoms with Gasteiger partial charge in [-0.15, -0.1) is 0 Å². The average molecular weight is 331 g/mol. The Balaban J connectivity index is 2.82. The number of aryl methyl sites for hydroxylation is 1. The van der Waals surface area contributed by atoms with Crippen LogP contribution in [-0.4, -0.2) is 36.1 Å². The summed E-state index contributed by atoms with van der Waals surface area (Å²) in [5, 5.41) is 0.792. The normalized spacial score (nSPS) is 10.8. The maximum absolute atomic E-state index is 11.3. The van der Waals surface area contributed by atoms with Crippen LogP contribution in [0.4, 0.5) is 0 Å². The van der Waals surface area contributed by atoms with Crippen LogP contribution in [0.1, 0.15) is 24.5 Å². The fourth-order valence-corrected chi connectivity index (χ4v) is 2.31. The van der Waals surface area contributed by atoms with Gasteiger partial charge in [-0.05, 0) is 25.5 Å². The predicted molar refractivity (Wildman–Crippen MR) is 85.7 cm³/mol. The number of hydrogen-bond acceptors (Lipinski definition) is 4. The summed E-state index contributed by atoms with van der Waals surface area (Å²) < 4.78 is 4.67. The van der Waals surface area contributed by atoms with E-state index >= 15 is 0 Å². The highest BCUT2D eigenvalue weighted by Gasteiger charge is 2.13. The molecule has 0 bridgehead atoms. The standard InChI is InChI=1S/C15H20Cl2N2O2/c1-10(2)8-19(6-5-13(20)21-4)9-12-7-11(3)14(16)18-15(12)17/h7H,1,5-6,8-9H2,2-4H3. The first-order valence-corrected chi connectivity index (χ1v) is 7.34. The van der Waals surface area contributed by atoms with E-state index in [1.807, 2.05) is 19.9 Å². The SMILES string of the molecule is C=C(C)CN(CCC(=O)OC)Cc1cc(C)c(Cl)nc1Cl. The van der Waals surface area contributed by atoms with Crippen LogP contribution >= 0.6 is 23.2 Å². The minimum Gasteiger partial charge on any atom is -0.469 e. The molecular formula is C15H20Cl2N2O2. The first-order chi connectivity index (χ1) is 9.83. The molecule has 1 aromatic rings. The molecule has 0 unspecified atom stereocenters. The van der Waals surface area contributed by atoms with Gasteiger partial charge in [0.1, 0.15) is 10.3 Å². The van der Waals surface area contributed by atoms with Gasteiger partial charge < -0.3 is 4.74 Å². The molecule has 0 saturated carbocycles. The molecule has 1 rings (SSSR count). The van der Waals surface area contributed by atoms with E-state index in [9.17, 15) is 4.79 Å². The second-order valence-electron chi connectivity index (χ2n) is 5.04. The highest BCUT2D eigenvalue weighted by Crippen LogP contribution is 2.22. The van der Waals surface area contributed by atoms with Gasteiger partial charge in [-0.2, -0.15) is 0 Å². The van der Waals surface area contributed by atoms with E-state index in [1.165, 1.54) is 7.11 Å². The van der Waals surface area contributed by atoms with Gasteiger partial charge in [0, 0.05) is 25.2 Å². The van der Waals surface area contributed by atoms with Crippen molar-refractivity contribution in [1.29, 1.82) is 0 Å². The highest BCUT2D eigenvalue weighted by molar-refractivity contribution is 6.33. The molecule has 1 aromatic heterocycles. The number of pyridine rings is 1. The van der Waals surface area contributed by atoms with Gasteiger partial charge in [0.25, 0.3) is 0 Å². The summed E-state index contributed by atoms with van der Waals surface area (Å²) in [6.45, 7) is 9.55. The molecule has 0 N–H and O–H groups in total. The molecule has 1 heterocycles. The first-order valence-electron chi connectivity index (χ1n) is 6.58. The first kappa shape index (κ1) is 18.0. The number of halogens is 2. The van der Waals surface area contributed by atoms with Crippen molar-refractivity contribution >= 4 is 29.2 Å². The van der Waals surface area contributed by atoms with E-state index in [1.54, 1.807) is 0 Å². The number of carbonyl (C=O) groups excluding carboxylic acids is 1. The van der Waals surface area contributed by atoms with Gasteiger partial charge in [-0.1, -0.05) is 35.4 Å². The van der Waals surface area contributed by atoms with Crippen LogP contribution in [0.15, 0.2) is 18.2 Å². The fraction of sp³-hybridized carbons (Fsp3) is 0.467. The lowest BCUT2D eigenvalue weighted by Gasteiger charge is -2.22. The van der Waals surface area contributed by atoms with Crippen molar-refractivity contribution in [2.24, 2.45) is 0 Å². The van der Waals surface area contributed by atoms with Crippen molar-refractivity contribution in [3.63, 3.8) is 0 Å². The molecule has 0 saturated heterocycles. The van der Waals surface area contributed by atoms with Crippen LogP contribution in [0.2, 0.25) is 10.3 Å². The molecule has 0 fully saturated rings. The molecule has 0 radical (unpaired) electrons. The number of rotatable bonds is 7. The third kappa shape index (κ3) is 6.04. The number of nitrogens with zero attached hydrogens (tertiary/aromatic N) is 2. The van der Waals surface area contributed by atoms with Crippen LogP contribution in [-0.2, 0) is 16.1 Å². The Kier molecular flexibility index (Phi) is 7.15. The molecule has 116 valence electrons. The van der Waals surface area contributed by atoms with Crippen LogP contribution in [0.3, 0.4) is 0 Å². The fourth-order valence-electron chi connectivity index (χ4n) is 1.93. The Morgan fingerprint density at radius 1 is 1.43 bits per heavy atom. The molecule has 0 aliphatic heterocycles. The average Bonchev–Trinajstić information content (AvgIpc) is 2.41. The molecule has 0 aliphatic carbocycles. The Morgan fingerprint density at radius 3 is 2.67 bits per heavy atom. The number of methoxy groups -OCH3 is 1. The summed E-state index contributed by atoms with van der Waals surface area (Å²) >= 11 is 12.1. The topological polar surface area (TPSA) is 42.4 Å². The molecular weight excluding hydrogens is 311 g/mol. The van der Waals surface area contributed by atoms with E-state index in [4.69, 9.17) is 23.2 Å². The third-order valence-corrected chi connectivity index (χ3v) is 3.63. The minimum absolute atomic E-state index is 0.238. The molecule has 0 atom stereocenters. The van der Waals surface area contributed by atoms with Crippen molar-refractivity contribution in [2.75, 3.05) is 20.2 Å². The highest BCUT2D eigenvalue weighted by atomic mass is 35.5. The molecule has 4 nitrogen and oxygen atoms in total. The number of aromatic nitrogens is 1. The lowest BCUT2D eigenvalue weighted by molar-refractivity contribution is -0.141. The molecule has 21 heavy (non-hydrogen) atoms. The molecule has 0 aromatic carbocycles. The van der Waals surface area contributed by atoms with E-state index in [0.29, 0.717) is 36.4 Å². The summed E-state index contributed by atoms with van der Waals surface area (Å²) in [7, 11) is 1.38. The summed E-state index contributed by atoms with van der Waals surface area (Å²) in [6.07, 6.45) is 0.321. The van der Waals surface area contributed by atoms with Gasteiger partial charge in [-0.3, -0.25) is 9.69 Å². The zero-order valence-electron chi connectivity index (χ0n) is 12.6. The Morgan fingerprint density at radius 2 is 2.10 bits per heavy atom. The molecule has 0 aliphatic rings. The molecule has 0 amide bonds. The van der Waals surface area contributed by atoms with Crippen LogP contribution < -0.4 is 0 Å². The monoisotopic (exact) mass is 330 g/mol. The minimum atomic E-state index is -0.238. The lowest BCUT2D eigenvalue weighted by Crippen LogP contribution is -2.28. The summed E-state index contributed by atoms with van der Waals surface area (Å²) in [4.78, 5) is 17.5. The maximum atomic E-state index is 11.3. The molecule has 6 heteroatoms. The van der Waals surface area contributed by atoms with Crippen LogP contribution in [0.5, 0.6) is 0 Å². The van der Waals surface area contributed by atoms with Gasteiger partial charge in [-0.25, -0.2) is 4.98 Å². The zero-order chi connectivity index (χ0) is 16.0. The Labute approximate surface area is 135 Å².